The maximum Gasteiger partial charge on any atom is 0.321 e. The Morgan fingerprint density at radius 3 is 3.14 bits per heavy atom. The molecule has 118 valence electrons. The molecule has 7 heteroatoms. The molecule has 3 heterocycles. The minimum Gasteiger partial charge on any atom is -0.480 e. The van der Waals surface area contributed by atoms with Crippen molar-refractivity contribution in [3.63, 3.8) is 0 Å². The first-order valence-electron chi connectivity index (χ1n) is 7.68. The molecule has 0 fully saturated rings. The molecule has 0 radical (unpaired) electrons. The van der Waals surface area contributed by atoms with E-state index in [9.17, 15) is 9.90 Å². The van der Waals surface area contributed by atoms with Gasteiger partial charge >= 0.3 is 5.97 Å². The minimum atomic E-state index is -0.806. The summed E-state index contributed by atoms with van der Waals surface area (Å²) in [5.74, 6) is 0.169. The van der Waals surface area contributed by atoms with Crippen molar-refractivity contribution in [2.75, 3.05) is 0 Å². The van der Waals surface area contributed by atoms with Gasteiger partial charge in [0, 0.05) is 37.8 Å². The van der Waals surface area contributed by atoms with Crippen molar-refractivity contribution in [3.05, 3.63) is 35.4 Å². The molecule has 0 saturated carbocycles. The van der Waals surface area contributed by atoms with E-state index >= 15 is 0 Å². The maximum atomic E-state index is 11.5. The Hall–Kier alpha value is -2.15. The molecule has 1 aliphatic rings. The molecule has 2 aromatic rings. The lowest BCUT2D eigenvalue weighted by atomic mass is 10.0. The van der Waals surface area contributed by atoms with Crippen molar-refractivity contribution >= 4 is 5.97 Å². The summed E-state index contributed by atoms with van der Waals surface area (Å²) in [6, 6.07) is -0.543. The molecule has 22 heavy (non-hydrogen) atoms. The molecule has 0 aliphatic carbocycles. The maximum absolute atomic E-state index is 11.5. The number of carboxylic acids is 1. The van der Waals surface area contributed by atoms with Gasteiger partial charge in [0.2, 0.25) is 0 Å². The molecule has 7 nitrogen and oxygen atoms in total. The number of aromatic amines is 2. The quantitative estimate of drug-likeness (QED) is 0.751. The molecule has 0 spiro atoms. The fourth-order valence-electron chi connectivity index (χ4n) is 2.87. The van der Waals surface area contributed by atoms with E-state index in [1.54, 1.807) is 6.33 Å². The SMILES string of the molecule is CCCCc1ncc(CN2Cc3[nH]cnc3C[C@H]2C(=O)O)[nH]1. The zero-order valence-corrected chi connectivity index (χ0v) is 12.7. The molecule has 0 saturated heterocycles. The smallest absolute Gasteiger partial charge is 0.321 e. The van der Waals surface area contributed by atoms with Crippen LogP contribution in [0.3, 0.4) is 0 Å². The Kier molecular flexibility index (Phi) is 4.24. The molecular formula is C15H21N5O2. The summed E-state index contributed by atoms with van der Waals surface area (Å²) in [6.07, 6.45) is 7.05. The number of unbranched alkanes of at least 4 members (excludes halogenated alkanes) is 1. The second-order valence-corrected chi connectivity index (χ2v) is 5.75. The van der Waals surface area contributed by atoms with E-state index in [2.05, 4.69) is 26.9 Å². The molecule has 0 aromatic carbocycles. The van der Waals surface area contributed by atoms with Gasteiger partial charge in [-0.25, -0.2) is 9.97 Å². The van der Waals surface area contributed by atoms with Crippen LogP contribution in [0.4, 0.5) is 0 Å². The third-order valence-electron chi connectivity index (χ3n) is 4.10. The number of rotatable bonds is 6. The highest BCUT2D eigenvalue weighted by molar-refractivity contribution is 5.74. The number of imidazole rings is 2. The van der Waals surface area contributed by atoms with E-state index in [0.29, 0.717) is 19.5 Å². The van der Waals surface area contributed by atoms with Gasteiger partial charge in [-0.15, -0.1) is 0 Å². The lowest BCUT2D eigenvalue weighted by molar-refractivity contribution is -0.144. The van der Waals surface area contributed by atoms with E-state index in [4.69, 9.17) is 0 Å². The van der Waals surface area contributed by atoms with Crippen LogP contribution in [-0.2, 0) is 30.7 Å². The van der Waals surface area contributed by atoms with E-state index in [-0.39, 0.29) is 0 Å². The van der Waals surface area contributed by atoms with E-state index in [1.165, 1.54) is 0 Å². The number of hydrogen-bond acceptors (Lipinski definition) is 4. The summed E-state index contributed by atoms with van der Waals surface area (Å²) >= 11 is 0. The molecule has 0 amide bonds. The Morgan fingerprint density at radius 2 is 2.36 bits per heavy atom. The van der Waals surface area contributed by atoms with E-state index in [0.717, 1.165) is 42.2 Å². The molecule has 3 N–H and O–H groups in total. The Labute approximate surface area is 128 Å². The van der Waals surface area contributed by atoms with E-state index in [1.807, 2.05) is 11.1 Å². The van der Waals surface area contributed by atoms with Crippen LogP contribution in [0.2, 0.25) is 0 Å². The van der Waals surface area contributed by atoms with Gasteiger partial charge in [-0.3, -0.25) is 9.69 Å². The first-order chi connectivity index (χ1) is 10.7. The highest BCUT2D eigenvalue weighted by atomic mass is 16.4. The Balaban J connectivity index is 1.72. The normalized spacial score (nSPS) is 18.3. The van der Waals surface area contributed by atoms with Crippen LogP contribution in [0, 0.1) is 0 Å². The number of aliphatic carboxylic acids is 1. The van der Waals surface area contributed by atoms with Gasteiger partial charge in [0.25, 0.3) is 0 Å². The van der Waals surface area contributed by atoms with Crippen molar-refractivity contribution in [1.82, 2.24) is 24.8 Å². The van der Waals surface area contributed by atoms with Crippen LogP contribution in [0.25, 0.3) is 0 Å². The van der Waals surface area contributed by atoms with Crippen LogP contribution in [0.15, 0.2) is 12.5 Å². The van der Waals surface area contributed by atoms with Crippen LogP contribution < -0.4 is 0 Å². The van der Waals surface area contributed by atoms with Gasteiger partial charge in [0.1, 0.15) is 11.9 Å². The van der Waals surface area contributed by atoms with Crippen LogP contribution in [0.1, 0.15) is 42.7 Å². The fraction of sp³-hybridized carbons (Fsp3) is 0.533. The first kappa shape index (κ1) is 14.8. The molecule has 1 atom stereocenters. The first-order valence-corrected chi connectivity index (χ1v) is 7.68. The average molecular weight is 303 g/mol. The molecule has 0 unspecified atom stereocenters. The number of H-pyrrole nitrogens is 2. The predicted molar refractivity (Wildman–Crippen MR) is 80.2 cm³/mol. The fourth-order valence-corrected chi connectivity index (χ4v) is 2.87. The summed E-state index contributed by atoms with van der Waals surface area (Å²) in [6.45, 7) is 3.27. The second-order valence-electron chi connectivity index (χ2n) is 5.75. The molecule has 1 aliphatic heterocycles. The van der Waals surface area contributed by atoms with Gasteiger partial charge in [-0.05, 0) is 6.42 Å². The zero-order chi connectivity index (χ0) is 15.5. The lowest BCUT2D eigenvalue weighted by Crippen LogP contribution is -2.45. The largest absolute Gasteiger partial charge is 0.480 e. The summed E-state index contributed by atoms with van der Waals surface area (Å²) in [7, 11) is 0. The van der Waals surface area contributed by atoms with Crippen LogP contribution >= 0.6 is 0 Å². The molecule has 0 bridgehead atoms. The lowest BCUT2D eigenvalue weighted by Gasteiger charge is -2.31. The van der Waals surface area contributed by atoms with Crippen molar-refractivity contribution < 1.29 is 9.90 Å². The van der Waals surface area contributed by atoms with Gasteiger partial charge in [0.15, 0.2) is 0 Å². The van der Waals surface area contributed by atoms with Gasteiger partial charge < -0.3 is 15.1 Å². The van der Waals surface area contributed by atoms with Crippen molar-refractivity contribution in [2.45, 2.75) is 51.7 Å². The Morgan fingerprint density at radius 1 is 1.50 bits per heavy atom. The number of carbonyl (C=O) groups is 1. The number of aromatic nitrogens is 4. The number of aryl methyl sites for hydroxylation is 1. The number of fused-ring (bicyclic) bond motifs is 1. The Bertz CT molecular complexity index is 648. The monoisotopic (exact) mass is 303 g/mol. The van der Waals surface area contributed by atoms with E-state index < -0.39 is 12.0 Å². The summed E-state index contributed by atoms with van der Waals surface area (Å²) < 4.78 is 0. The highest BCUT2D eigenvalue weighted by Crippen LogP contribution is 2.22. The standard InChI is InChI=1S/C15H21N5O2/c1-2-3-4-14-16-6-10(19-14)7-20-8-12-11(17-9-18-12)5-13(20)15(21)22/h6,9,13H,2-5,7-8H2,1H3,(H,16,19)(H,17,18)(H,21,22)/t13-/m0/s1. The van der Waals surface area contributed by atoms with Crippen molar-refractivity contribution in [2.24, 2.45) is 0 Å². The number of nitrogens with one attached hydrogen (secondary N) is 2. The van der Waals surface area contributed by atoms with Gasteiger partial charge in [-0.1, -0.05) is 13.3 Å². The average Bonchev–Trinajstić information content (AvgIpc) is 3.12. The van der Waals surface area contributed by atoms with Gasteiger partial charge in [-0.2, -0.15) is 0 Å². The predicted octanol–water partition coefficient (Wildman–Crippen LogP) is 1.49. The molecule has 3 rings (SSSR count). The number of carboxylic acid groups (broad SMARTS) is 1. The number of nitrogens with zero attached hydrogens (tertiary/aromatic N) is 3. The van der Waals surface area contributed by atoms with Crippen LogP contribution in [-0.4, -0.2) is 42.0 Å². The third-order valence-corrected chi connectivity index (χ3v) is 4.10. The van der Waals surface area contributed by atoms with Crippen LogP contribution in [0.5, 0.6) is 0 Å². The second kappa shape index (κ2) is 6.31. The summed E-state index contributed by atoms with van der Waals surface area (Å²) in [5.41, 5.74) is 2.82. The van der Waals surface area contributed by atoms with Crippen molar-refractivity contribution in [3.8, 4) is 0 Å². The minimum absolute atomic E-state index is 0.436. The topological polar surface area (TPSA) is 97.9 Å². The third kappa shape index (κ3) is 3.04. The summed E-state index contributed by atoms with van der Waals surface area (Å²) in [5, 5.41) is 9.47. The molecular weight excluding hydrogens is 282 g/mol. The molecule has 2 aromatic heterocycles. The van der Waals surface area contributed by atoms with Crippen molar-refractivity contribution in [1.29, 1.82) is 0 Å². The highest BCUT2D eigenvalue weighted by Gasteiger charge is 2.33. The summed E-state index contributed by atoms with van der Waals surface area (Å²) in [4.78, 5) is 28.4. The number of hydrogen-bond donors (Lipinski definition) is 3. The zero-order valence-electron chi connectivity index (χ0n) is 12.7. The van der Waals surface area contributed by atoms with Gasteiger partial charge in [0.05, 0.1) is 17.7 Å².